The van der Waals surface area contributed by atoms with E-state index < -0.39 is 28.5 Å². The van der Waals surface area contributed by atoms with Gasteiger partial charge in [0.15, 0.2) is 0 Å². The van der Waals surface area contributed by atoms with Gasteiger partial charge in [0.2, 0.25) is 21.8 Å². The maximum Gasteiger partial charge on any atom is 0.244 e. The van der Waals surface area contributed by atoms with Crippen molar-refractivity contribution >= 4 is 55.1 Å². The van der Waals surface area contributed by atoms with Crippen LogP contribution in [0.4, 0.5) is 5.69 Å². The third-order valence-electron chi connectivity index (χ3n) is 5.03. The highest BCUT2D eigenvalue weighted by Crippen LogP contribution is 2.22. The summed E-state index contributed by atoms with van der Waals surface area (Å²) < 4.78 is 26.8. The third-order valence-corrected chi connectivity index (χ3v) is 6.92. The second kappa shape index (κ2) is 12.4. The Hall–Kier alpha value is -2.10. The van der Waals surface area contributed by atoms with Crippen LogP contribution < -0.4 is 9.62 Å². The lowest BCUT2D eigenvalue weighted by Crippen LogP contribution is -2.51. The van der Waals surface area contributed by atoms with E-state index in [1.165, 1.54) is 17.0 Å². The number of halogens is 2. The SMILES string of the molecule is CCCCNC(=O)[C@H](C)N(Cc1cccc(Br)c1)C(=O)CN(c1ccc(Cl)cc1)S(C)(=O)=O. The molecule has 0 heterocycles. The topological polar surface area (TPSA) is 86.8 Å². The zero-order valence-corrected chi connectivity index (χ0v) is 22.1. The molecular weight excluding hydrogens is 530 g/mol. The van der Waals surface area contributed by atoms with Crippen molar-refractivity contribution in [1.82, 2.24) is 10.2 Å². The van der Waals surface area contributed by atoms with E-state index in [0.29, 0.717) is 17.3 Å². The highest BCUT2D eigenvalue weighted by Gasteiger charge is 2.30. The summed E-state index contributed by atoms with van der Waals surface area (Å²) in [5.41, 5.74) is 1.13. The highest BCUT2D eigenvalue weighted by molar-refractivity contribution is 9.10. The molecule has 0 aliphatic carbocycles. The van der Waals surface area contributed by atoms with Gasteiger partial charge in [0.05, 0.1) is 11.9 Å². The Morgan fingerprint density at radius 1 is 1.15 bits per heavy atom. The Balaban J connectivity index is 2.33. The predicted octanol–water partition coefficient (Wildman–Crippen LogP) is 4.20. The molecular formula is C23H29BrClN3O4S. The molecule has 0 bridgehead atoms. The summed E-state index contributed by atoms with van der Waals surface area (Å²) in [6.45, 7) is 3.89. The van der Waals surface area contributed by atoms with Gasteiger partial charge in [-0.1, -0.05) is 53.0 Å². The minimum absolute atomic E-state index is 0.152. The lowest BCUT2D eigenvalue weighted by atomic mass is 10.1. The van der Waals surface area contributed by atoms with Crippen LogP contribution in [-0.4, -0.2) is 50.5 Å². The van der Waals surface area contributed by atoms with Crippen LogP contribution in [0.5, 0.6) is 0 Å². The number of anilines is 1. The lowest BCUT2D eigenvalue weighted by Gasteiger charge is -2.31. The highest BCUT2D eigenvalue weighted by atomic mass is 79.9. The molecule has 2 amide bonds. The Kier molecular flexibility index (Phi) is 10.2. The molecule has 1 atom stereocenters. The van der Waals surface area contributed by atoms with Crippen LogP contribution in [0.1, 0.15) is 32.3 Å². The number of nitrogens with one attached hydrogen (secondary N) is 1. The van der Waals surface area contributed by atoms with Gasteiger partial charge in [-0.05, 0) is 55.3 Å². The quantitative estimate of drug-likeness (QED) is 0.419. The molecule has 0 unspecified atom stereocenters. The average molecular weight is 559 g/mol. The van der Waals surface area contributed by atoms with Crippen molar-refractivity contribution in [3.8, 4) is 0 Å². The van der Waals surface area contributed by atoms with Gasteiger partial charge in [-0.3, -0.25) is 13.9 Å². The fraction of sp³-hybridized carbons (Fsp3) is 0.391. The summed E-state index contributed by atoms with van der Waals surface area (Å²) >= 11 is 9.35. The number of rotatable bonds is 11. The normalized spacial score (nSPS) is 12.2. The Morgan fingerprint density at radius 2 is 1.82 bits per heavy atom. The maximum atomic E-state index is 13.4. The first kappa shape index (κ1) is 27.1. The molecule has 1 N–H and O–H groups in total. The molecule has 0 aliphatic rings. The average Bonchev–Trinajstić information content (AvgIpc) is 2.75. The number of hydrogen-bond donors (Lipinski definition) is 1. The van der Waals surface area contributed by atoms with Gasteiger partial charge in [-0.2, -0.15) is 0 Å². The van der Waals surface area contributed by atoms with Crippen molar-refractivity contribution in [1.29, 1.82) is 0 Å². The fourth-order valence-electron chi connectivity index (χ4n) is 3.17. The second-order valence-corrected chi connectivity index (χ2v) is 11.0. The van der Waals surface area contributed by atoms with Crippen LogP contribution in [-0.2, 0) is 26.2 Å². The minimum atomic E-state index is -3.77. The maximum absolute atomic E-state index is 13.4. The van der Waals surface area contributed by atoms with Crippen LogP contribution in [0.2, 0.25) is 5.02 Å². The van der Waals surface area contributed by atoms with Crippen LogP contribution >= 0.6 is 27.5 Å². The zero-order chi connectivity index (χ0) is 24.6. The molecule has 0 fully saturated rings. The predicted molar refractivity (Wildman–Crippen MR) is 136 cm³/mol. The van der Waals surface area contributed by atoms with E-state index in [1.54, 1.807) is 19.1 Å². The molecule has 0 aliphatic heterocycles. The third kappa shape index (κ3) is 8.32. The van der Waals surface area contributed by atoms with E-state index in [0.717, 1.165) is 33.4 Å². The van der Waals surface area contributed by atoms with Crippen molar-refractivity contribution in [2.24, 2.45) is 0 Å². The first-order chi connectivity index (χ1) is 15.5. The van der Waals surface area contributed by atoms with Gasteiger partial charge in [0.25, 0.3) is 0 Å². The molecule has 33 heavy (non-hydrogen) atoms. The number of carbonyl (C=O) groups is 2. The smallest absolute Gasteiger partial charge is 0.244 e. The first-order valence-corrected chi connectivity index (χ1v) is 13.6. The first-order valence-electron chi connectivity index (χ1n) is 10.6. The van der Waals surface area contributed by atoms with Crippen LogP contribution in [0.3, 0.4) is 0 Å². The summed E-state index contributed by atoms with van der Waals surface area (Å²) in [7, 11) is -3.77. The lowest BCUT2D eigenvalue weighted by molar-refractivity contribution is -0.139. The molecule has 0 radical (unpaired) electrons. The van der Waals surface area contributed by atoms with Crippen molar-refractivity contribution in [2.75, 3.05) is 23.7 Å². The van der Waals surface area contributed by atoms with Gasteiger partial charge < -0.3 is 10.2 Å². The van der Waals surface area contributed by atoms with Crippen molar-refractivity contribution in [3.05, 3.63) is 63.6 Å². The number of unbranched alkanes of at least 4 members (excludes halogenated alkanes) is 1. The van der Waals surface area contributed by atoms with Gasteiger partial charge in [-0.15, -0.1) is 0 Å². The number of nitrogens with zero attached hydrogens (tertiary/aromatic N) is 2. The molecule has 2 rings (SSSR count). The van der Waals surface area contributed by atoms with E-state index in [9.17, 15) is 18.0 Å². The second-order valence-electron chi connectivity index (χ2n) is 7.72. The fourth-order valence-corrected chi connectivity index (χ4v) is 4.59. The van der Waals surface area contributed by atoms with Gasteiger partial charge >= 0.3 is 0 Å². The molecule has 10 heteroatoms. The molecule has 0 saturated heterocycles. The molecule has 2 aromatic rings. The van der Waals surface area contributed by atoms with Crippen LogP contribution in [0.25, 0.3) is 0 Å². The van der Waals surface area contributed by atoms with Gasteiger partial charge in [0.1, 0.15) is 12.6 Å². The standard InChI is InChI=1S/C23H29BrClN3O4S/c1-4-5-13-26-23(30)17(2)27(15-18-7-6-8-19(24)14-18)22(29)16-28(33(3,31)32)21-11-9-20(25)10-12-21/h6-12,14,17H,4-5,13,15-16H2,1-3H3,(H,26,30)/t17-/m0/s1. The number of amides is 2. The Labute approximate surface area is 209 Å². The molecule has 180 valence electrons. The van der Waals surface area contributed by atoms with E-state index in [4.69, 9.17) is 11.6 Å². The summed E-state index contributed by atoms with van der Waals surface area (Å²) in [5, 5.41) is 3.30. The summed E-state index contributed by atoms with van der Waals surface area (Å²) in [5.74, 6) is -0.780. The van der Waals surface area contributed by atoms with E-state index >= 15 is 0 Å². The Morgan fingerprint density at radius 3 is 2.39 bits per heavy atom. The van der Waals surface area contributed by atoms with Gasteiger partial charge in [0, 0.05) is 22.6 Å². The minimum Gasteiger partial charge on any atom is -0.354 e. The largest absolute Gasteiger partial charge is 0.354 e. The monoisotopic (exact) mass is 557 g/mol. The Bertz CT molecular complexity index is 1060. The van der Waals surface area contributed by atoms with E-state index in [2.05, 4.69) is 21.2 Å². The molecule has 2 aromatic carbocycles. The summed E-state index contributed by atoms with van der Waals surface area (Å²) in [4.78, 5) is 27.6. The summed E-state index contributed by atoms with van der Waals surface area (Å²) in [6, 6.07) is 12.8. The van der Waals surface area contributed by atoms with E-state index in [1.807, 2.05) is 31.2 Å². The van der Waals surface area contributed by atoms with Crippen LogP contribution in [0.15, 0.2) is 53.0 Å². The number of sulfonamides is 1. The molecule has 0 spiro atoms. The molecule has 0 saturated carbocycles. The van der Waals surface area contributed by atoms with Crippen molar-refractivity contribution < 1.29 is 18.0 Å². The van der Waals surface area contributed by atoms with Crippen LogP contribution in [0, 0.1) is 0 Å². The number of hydrogen-bond acceptors (Lipinski definition) is 4. The molecule has 0 aromatic heterocycles. The number of benzene rings is 2. The molecule has 7 nitrogen and oxygen atoms in total. The van der Waals surface area contributed by atoms with Crippen molar-refractivity contribution in [2.45, 2.75) is 39.3 Å². The van der Waals surface area contributed by atoms with Gasteiger partial charge in [-0.25, -0.2) is 8.42 Å². The summed E-state index contributed by atoms with van der Waals surface area (Å²) in [6.07, 6.45) is 2.80. The zero-order valence-electron chi connectivity index (χ0n) is 18.9. The van der Waals surface area contributed by atoms with E-state index in [-0.39, 0.29) is 12.5 Å². The van der Waals surface area contributed by atoms with Crippen molar-refractivity contribution in [3.63, 3.8) is 0 Å². The number of carbonyl (C=O) groups excluding carboxylic acids is 2.